The van der Waals surface area contributed by atoms with Crippen LogP contribution in [0.15, 0.2) is 28.8 Å². The summed E-state index contributed by atoms with van der Waals surface area (Å²) in [5, 5.41) is 8.53. The first-order valence-electron chi connectivity index (χ1n) is 9.36. The Kier molecular flexibility index (Phi) is 5.39. The molecule has 0 aliphatic carbocycles. The molecule has 1 radical (unpaired) electrons. The minimum Gasteiger partial charge on any atom is -0.377 e. The molecule has 1 aromatic heterocycles. The number of likely N-dealkylation sites (tertiary alicyclic amines) is 1. The Morgan fingerprint density at radius 2 is 1.86 bits per heavy atom. The third-order valence-electron chi connectivity index (χ3n) is 5.34. The molecule has 151 valence electrons. The molecule has 3 atom stereocenters. The van der Waals surface area contributed by atoms with E-state index in [1.165, 1.54) is 0 Å². The smallest absolute Gasteiger partial charge is 0.377 e. The summed E-state index contributed by atoms with van der Waals surface area (Å²) in [6.07, 6.45) is -3.66. The fourth-order valence-corrected chi connectivity index (χ4v) is 3.95. The van der Waals surface area contributed by atoms with Gasteiger partial charge in [-0.15, -0.1) is 0 Å². The number of aromatic nitrogens is 2. The van der Waals surface area contributed by atoms with Crippen LogP contribution < -0.4 is 5.32 Å². The van der Waals surface area contributed by atoms with E-state index < -0.39 is 11.7 Å². The molecular formula is C19H22F3N4O2. The van der Waals surface area contributed by atoms with Crippen molar-refractivity contribution < 1.29 is 22.4 Å². The van der Waals surface area contributed by atoms with E-state index in [-0.39, 0.29) is 18.0 Å². The summed E-state index contributed by atoms with van der Waals surface area (Å²) in [6.45, 7) is 4.97. The van der Waals surface area contributed by atoms with Gasteiger partial charge in [0.1, 0.15) is 0 Å². The zero-order valence-corrected chi connectivity index (χ0v) is 15.5. The fourth-order valence-electron chi connectivity index (χ4n) is 3.95. The summed E-state index contributed by atoms with van der Waals surface area (Å²) < 4.78 is 49.6. The number of alkyl halides is 3. The second-order valence-electron chi connectivity index (χ2n) is 7.34. The quantitative estimate of drug-likeness (QED) is 0.800. The average molecular weight is 395 g/mol. The van der Waals surface area contributed by atoms with Gasteiger partial charge < -0.3 is 9.26 Å². The Bertz CT molecular complexity index is 787. The molecule has 4 rings (SSSR count). The Labute approximate surface area is 161 Å². The van der Waals surface area contributed by atoms with E-state index in [1.54, 1.807) is 19.1 Å². The second-order valence-corrected chi connectivity index (χ2v) is 7.34. The Balaban J connectivity index is 1.57. The fraction of sp³-hybridized carbons (Fsp3) is 0.579. The third-order valence-corrected chi connectivity index (χ3v) is 5.34. The van der Waals surface area contributed by atoms with E-state index in [0.29, 0.717) is 44.6 Å². The number of nitrogens with zero attached hydrogens (tertiary/aromatic N) is 4. The zero-order chi connectivity index (χ0) is 19.7. The molecule has 6 nitrogen and oxygen atoms in total. The molecule has 3 unspecified atom stereocenters. The van der Waals surface area contributed by atoms with Gasteiger partial charge in [-0.2, -0.15) is 18.2 Å². The number of morpholine rings is 1. The predicted molar refractivity (Wildman–Crippen MR) is 93.8 cm³/mol. The van der Waals surface area contributed by atoms with Crippen LogP contribution in [0.2, 0.25) is 0 Å². The zero-order valence-electron chi connectivity index (χ0n) is 15.5. The predicted octanol–water partition coefficient (Wildman–Crippen LogP) is 2.93. The van der Waals surface area contributed by atoms with Gasteiger partial charge in [-0.3, -0.25) is 4.90 Å². The summed E-state index contributed by atoms with van der Waals surface area (Å²) in [5.41, 5.74) is 0.235. The van der Waals surface area contributed by atoms with E-state index in [0.717, 1.165) is 24.1 Å². The SMILES string of the molecule is Cc1noc(C2CC(c3ccc(C(F)(F)F)cc3)CN(C3COCC[N]3)C2)n1. The van der Waals surface area contributed by atoms with Crippen LogP contribution in [0.3, 0.4) is 0 Å². The molecule has 2 aliphatic rings. The van der Waals surface area contributed by atoms with Crippen LogP contribution in [-0.2, 0) is 10.9 Å². The van der Waals surface area contributed by atoms with E-state index in [9.17, 15) is 13.2 Å². The first-order valence-corrected chi connectivity index (χ1v) is 9.36. The number of ether oxygens (including phenoxy) is 1. The van der Waals surface area contributed by atoms with Gasteiger partial charge >= 0.3 is 6.18 Å². The largest absolute Gasteiger partial charge is 0.416 e. The summed E-state index contributed by atoms with van der Waals surface area (Å²) in [6, 6.07) is 5.44. The van der Waals surface area contributed by atoms with Crippen LogP contribution in [0.1, 0.15) is 41.1 Å². The number of aryl methyl sites for hydroxylation is 1. The lowest BCUT2D eigenvalue weighted by atomic mass is 9.84. The van der Waals surface area contributed by atoms with E-state index in [4.69, 9.17) is 9.26 Å². The highest BCUT2D eigenvalue weighted by atomic mass is 19.4. The molecule has 0 N–H and O–H groups in total. The standard InChI is InChI=1S/C19H22F3N4O2/c1-12-24-18(28-25-12)15-8-14(9-26(10-15)17-11-27-7-6-23-17)13-2-4-16(5-3-13)19(20,21)22/h2-5,14-15,17H,6-11H2,1H3. The highest BCUT2D eigenvalue weighted by Crippen LogP contribution is 2.37. The number of hydrogen-bond acceptors (Lipinski definition) is 5. The number of rotatable bonds is 3. The average Bonchev–Trinajstić information content (AvgIpc) is 3.14. The van der Waals surface area contributed by atoms with Crippen molar-refractivity contribution in [2.45, 2.75) is 37.5 Å². The molecule has 2 fully saturated rings. The van der Waals surface area contributed by atoms with Crippen LogP contribution >= 0.6 is 0 Å². The summed E-state index contributed by atoms with van der Waals surface area (Å²) in [7, 11) is 0. The van der Waals surface area contributed by atoms with Crippen molar-refractivity contribution in [3.8, 4) is 0 Å². The van der Waals surface area contributed by atoms with Crippen molar-refractivity contribution in [3.05, 3.63) is 47.1 Å². The molecule has 2 aromatic rings. The first-order chi connectivity index (χ1) is 13.4. The minimum absolute atomic E-state index is 0.000584. The Morgan fingerprint density at radius 3 is 2.46 bits per heavy atom. The van der Waals surface area contributed by atoms with Crippen molar-refractivity contribution in [3.63, 3.8) is 0 Å². The number of hydrogen-bond donors (Lipinski definition) is 0. The van der Waals surface area contributed by atoms with Gasteiger partial charge in [-0.05, 0) is 37.0 Å². The van der Waals surface area contributed by atoms with E-state index in [2.05, 4.69) is 20.4 Å². The monoisotopic (exact) mass is 395 g/mol. The third kappa shape index (κ3) is 4.21. The summed E-state index contributed by atoms with van der Waals surface area (Å²) >= 11 is 0. The lowest BCUT2D eigenvalue weighted by Gasteiger charge is -2.41. The first kappa shape index (κ1) is 19.4. The van der Waals surface area contributed by atoms with Crippen molar-refractivity contribution in [1.29, 1.82) is 0 Å². The molecule has 0 bridgehead atoms. The molecule has 0 amide bonds. The van der Waals surface area contributed by atoms with Gasteiger partial charge in [-0.25, -0.2) is 5.32 Å². The van der Waals surface area contributed by atoms with Crippen LogP contribution in [0, 0.1) is 6.92 Å². The van der Waals surface area contributed by atoms with Gasteiger partial charge in [0.05, 0.1) is 30.9 Å². The molecule has 0 saturated carbocycles. The van der Waals surface area contributed by atoms with Crippen molar-refractivity contribution in [1.82, 2.24) is 20.4 Å². The minimum atomic E-state index is -4.33. The van der Waals surface area contributed by atoms with Gasteiger partial charge in [-0.1, -0.05) is 17.3 Å². The molecule has 0 spiro atoms. The van der Waals surface area contributed by atoms with Crippen LogP contribution in [0.5, 0.6) is 0 Å². The van der Waals surface area contributed by atoms with Crippen LogP contribution in [-0.4, -0.2) is 54.1 Å². The highest BCUT2D eigenvalue weighted by molar-refractivity contribution is 5.28. The maximum atomic E-state index is 12.9. The Hall–Kier alpha value is -1.97. The normalized spacial score (nSPS) is 27.1. The topological polar surface area (TPSA) is 65.5 Å². The number of benzene rings is 1. The van der Waals surface area contributed by atoms with Gasteiger partial charge in [0.25, 0.3) is 0 Å². The molecule has 1 aromatic carbocycles. The van der Waals surface area contributed by atoms with Crippen LogP contribution in [0.25, 0.3) is 0 Å². The van der Waals surface area contributed by atoms with E-state index in [1.807, 2.05) is 0 Å². The van der Waals surface area contributed by atoms with Crippen molar-refractivity contribution >= 4 is 0 Å². The molecule has 9 heteroatoms. The second kappa shape index (κ2) is 7.81. The maximum absolute atomic E-state index is 12.9. The summed E-state index contributed by atoms with van der Waals surface area (Å²) in [4.78, 5) is 6.59. The highest BCUT2D eigenvalue weighted by Gasteiger charge is 2.37. The maximum Gasteiger partial charge on any atom is 0.416 e. The molecule has 3 heterocycles. The van der Waals surface area contributed by atoms with Gasteiger partial charge in [0.2, 0.25) is 5.89 Å². The molecular weight excluding hydrogens is 373 g/mol. The number of piperidine rings is 1. The molecule has 2 saturated heterocycles. The summed E-state index contributed by atoms with van der Waals surface area (Å²) in [5.74, 6) is 1.18. The molecule has 28 heavy (non-hydrogen) atoms. The van der Waals surface area contributed by atoms with Crippen molar-refractivity contribution in [2.75, 3.05) is 32.8 Å². The van der Waals surface area contributed by atoms with E-state index >= 15 is 0 Å². The lowest BCUT2D eigenvalue weighted by Crippen LogP contribution is -2.53. The lowest BCUT2D eigenvalue weighted by molar-refractivity contribution is -0.137. The molecule has 2 aliphatic heterocycles. The van der Waals surface area contributed by atoms with Gasteiger partial charge in [0, 0.05) is 19.6 Å². The number of halogens is 3. The van der Waals surface area contributed by atoms with Crippen LogP contribution in [0.4, 0.5) is 13.2 Å². The Morgan fingerprint density at radius 1 is 1.11 bits per heavy atom. The van der Waals surface area contributed by atoms with Gasteiger partial charge in [0.15, 0.2) is 5.82 Å². The van der Waals surface area contributed by atoms with Crippen molar-refractivity contribution in [2.24, 2.45) is 0 Å².